The fraction of sp³-hybridized carbons (Fsp3) is 0.429. The summed E-state index contributed by atoms with van der Waals surface area (Å²) >= 11 is 0. The lowest BCUT2D eigenvalue weighted by molar-refractivity contribution is 0.191. The molecular weight excluding hydrogens is 238 g/mol. The largest absolute Gasteiger partial charge is 0.352 e. The summed E-state index contributed by atoms with van der Waals surface area (Å²) in [5, 5.41) is 9.32. The van der Waals surface area contributed by atoms with Crippen LogP contribution in [0.15, 0.2) is 34.1 Å². The zero-order chi connectivity index (χ0) is 13.2. The number of anilines is 1. The van der Waals surface area contributed by atoms with Crippen LogP contribution in [0.3, 0.4) is 0 Å². The Morgan fingerprint density at radius 1 is 1.58 bits per heavy atom. The normalized spacial score (nSPS) is 19.0. The van der Waals surface area contributed by atoms with E-state index in [1.165, 1.54) is 19.3 Å². The summed E-state index contributed by atoms with van der Waals surface area (Å²) in [5.41, 5.74) is 3.28. The standard InChI is InChI=1S/C14H19N5/c1-10(8-19(15-2)11-4-3-5-11)13-12-6-7-16-14(12)18-9-17-13/h6-8,11,16,18H,2-5,9H2,1H3. The number of hydrazone groups is 1. The van der Waals surface area contributed by atoms with Crippen molar-refractivity contribution in [1.29, 1.82) is 0 Å². The maximum atomic E-state index is 4.56. The van der Waals surface area contributed by atoms with Gasteiger partial charge in [-0.15, -0.1) is 0 Å². The van der Waals surface area contributed by atoms with Crippen LogP contribution in [-0.2, 0) is 0 Å². The Bertz CT molecular complexity index is 536. The average Bonchev–Trinajstić information content (AvgIpc) is 2.83. The monoisotopic (exact) mass is 257 g/mol. The number of aliphatic imine (C=N–C) groups is 1. The number of nitrogens with zero attached hydrogens (tertiary/aromatic N) is 3. The van der Waals surface area contributed by atoms with Crippen molar-refractivity contribution in [2.75, 3.05) is 12.0 Å². The first-order valence-electron chi connectivity index (χ1n) is 6.69. The summed E-state index contributed by atoms with van der Waals surface area (Å²) in [4.78, 5) is 7.75. The number of H-pyrrole nitrogens is 1. The minimum Gasteiger partial charge on any atom is -0.352 e. The van der Waals surface area contributed by atoms with Gasteiger partial charge in [-0.05, 0) is 37.8 Å². The van der Waals surface area contributed by atoms with Crippen LogP contribution >= 0.6 is 0 Å². The second-order valence-corrected chi connectivity index (χ2v) is 5.03. The molecule has 0 bridgehead atoms. The molecule has 1 aromatic heterocycles. The van der Waals surface area contributed by atoms with E-state index in [4.69, 9.17) is 0 Å². The van der Waals surface area contributed by atoms with Crippen LogP contribution in [0.4, 0.5) is 5.82 Å². The molecule has 0 atom stereocenters. The van der Waals surface area contributed by atoms with E-state index in [2.05, 4.69) is 40.2 Å². The van der Waals surface area contributed by atoms with E-state index in [0.717, 1.165) is 22.7 Å². The summed E-state index contributed by atoms with van der Waals surface area (Å²) in [6.07, 6.45) is 7.69. The van der Waals surface area contributed by atoms with Crippen LogP contribution in [0.5, 0.6) is 0 Å². The Balaban J connectivity index is 1.85. The Hall–Kier alpha value is -2.04. The van der Waals surface area contributed by atoms with Crippen LogP contribution in [0.1, 0.15) is 31.7 Å². The molecule has 2 N–H and O–H groups in total. The van der Waals surface area contributed by atoms with Crippen LogP contribution in [-0.4, -0.2) is 35.1 Å². The highest BCUT2D eigenvalue weighted by atomic mass is 15.5. The van der Waals surface area contributed by atoms with Gasteiger partial charge in [0.2, 0.25) is 0 Å². The van der Waals surface area contributed by atoms with Gasteiger partial charge in [0.05, 0.1) is 11.8 Å². The second-order valence-electron chi connectivity index (χ2n) is 5.03. The van der Waals surface area contributed by atoms with E-state index in [-0.39, 0.29) is 0 Å². The Kier molecular flexibility index (Phi) is 3.11. The van der Waals surface area contributed by atoms with Crippen molar-refractivity contribution in [3.05, 3.63) is 29.6 Å². The molecule has 2 heterocycles. The molecule has 19 heavy (non-hydrogen) atoms. The highest BCUT2D eigenvalue weighted by Gasteiger charge is 2.23. The molecule has 2 aliphatic rings. The molecule has 3 rings (SSSR count). The third-order valence-electron chi connectivity index (χ3n) is 3.81. The van der Waals surface area contributed by atoms with Crippen molar-refractivity contribution >= 4 is 18.2 Å². The zero-order valence-electron chi connectivity index (χ0n) is 11.2. The van der Waals surface area contributed by atoms with Gasteiger partial charge in [-0.1, -0.05) is 0 Å². The SMILES string of the molecule is C=NN(C=C(C)C1=NCNc2[nH]ccc21)C1CCC1. The van der Waals surface area contributed by atoms with Crippen LogP contribution in [0.25, 0.3) is 0 Å². The molecule has 100 valence electrons. The Labute approximate surface area is 113 Å². The highest BCUT2D eigenvalue weighted by molar-refractivity contribution is 6.15. The molecule has 1 saturated carbocycles. The molecule has 1 aliphatic carbocycles. The van der Waals surface area contributed by atoms with Gasteiger partial charge < -0.3 is 10.3 Å². The first-order valence-corrected chi connectivity index (χ1v) is 6.69. The van der Waals surface area contributed by atoms with Gasteiger partial charge in [-0.2, -0.15) is 5.10 Å². The summed E-state index contributed by atoms with van der Waals surface area (Å²) in [6, 6.07) is 2.56. The smallest absolute Gasteiger partial charge is 0.114 e. The summed E-state index contributed by atoms with van der Waals surface area (Å²) in [6.45, 7) is 6.36. The molecule has 5 heteroatoms. The van der Waals surface area contributed by atoms with Crippen molar-refractivity contribution in [2.45, 2.75) is 32.2 Å². The van der Waals surface area contributed by atoms with Gasteiger partial charge in [-0.25, -0.2) is 0 Å². The number of hydrogen-bond acceptors (Lipinski definition) is 4. The first kappa shape index (κ1) is 12.0. The number of hydrogen-bond donors (Lipinski definition) is 2. The minimum absolute atomic E-state index is 0.514. The highest BCUT2D eigenvalue weighted by Crippen LogP contribution is 2.27. The fourth-order valence-electron chi connectivity index (χ4n) is 2.51. The molecule has 0 radical (unpaired) electrons. The van der Waals surface area contributed by atoms with E-state index in [1.807, 2.05) is 17.3 Å². The fourth-order valence-corrected chi connectivity index (χ4v) is 2.51. The lowest BCUT2D eigenvalue weighted by Crippen LogP contribution is -2.33. The molecule has 1 fully saturated rings. The van der Waals surface area contributed by atoms with E-state index in [9.17, 15) is 0 Å². The van der Waals surface area contributed by atoms with E-state index < -0.39 is 0 Å². The second kappa shape index (κ2) is 4.91. The third kappa shape index (κ3) is 2.16. The van der Waals surface area contributed by atoms with Gasteiger partial charge in [0, 0.05) is 24.7 Å². The predicted molar refractivity (Wildman–Crippen MR) is 78.6 cm³/mol. The van der Waals surface area contributed by atoms with Gasteiger partial charge in [0.15, 0.2) is 0 Å². The molecule has 0 unspecified atom stereocenters. The van der Waals surface area contributed by atoms with Crippen LogP contribution < -0.4 is 5.32 Å². The predicted octanol–water partition coefficient (Wildman–Crippen LogP) is 2.56. The molecule has 0 amide bonds. The molecule has 0 saturated heterocycles. The third-order valence-corrected chi connectivity index (χ3v) is 3.81. The van der Waals surface area contributed by atoms with Crippen LogP contribution in [0.2, 0.25) is 0 Å². The van der Waals surface area contributed by atoms with Gasteiger partial charge in [0.25, 0.3) is 0 Å². The van der Waals surface area contributed by atoms with Crippen molar-refractivity contribution < 1.29 is 0 Å². The maximum Gasteiger partial charge on any atom is 0.114 e. The lowest BCUT2D eigenvalue weighted by Gasteiger charge is -2.33. The summed E-state index contributed by atoms with van der Waals surface area (Å²) in [5.74, 6) is 1.04. The molecule has 5 nitrogen and oxygen atoms in total. The lowest BCUT2D eigenvalue weighted by atomic mass is 9.92. The van der Waals surface area contributed by atoms with Gasteiger partial charge in [-0.3, -0.25) is 10.0 Å². The van der Waals surface area contributed by atoms with E-state index in [0.29, 0.717) is 12.7 Å². The first-order chi connectivity index (χ1) is 9.29. The van der Waals surface area contributed by atoms with Crippen molar-refractivity contribution in [2.24, 2.45) is 10.1 Å². The molecule has 0 aromatic carbocycles. The number of fused-ring (bicyclic) bond motifs is 1. The number of aromatic amines is 1. The van der Waals surface area contributed by atoms with Crippen molar-refractivity contribution in [3.8, 4) is 0 Å². The van der Waals surface area contributed by atoms with Crippen molar-refractivity contribution in [1.82, 2.24) is 9.99 Å². The van der Waals surface area contributed by atoms with Crippen molar-refractivity contribution in [3.63, 3.8) is 0 Å². The minimum atomic E-state index is 0.514. The topological polar surface area (TPSA) is 55.8 Å². The van der Waals surface area contributed by atoms with E-state index in [1.54, 1.807) is 0 Å². The quantitative estimate of drug-likeness (QED) is 0.643. The molecule has 0 spiro atoms. The maximum absolute atomic E-state index is 4.56. The molecular formula is C14H19N5. The molecule has 1 aromatic rings. The average molecular weight is 257 g/mol. The van der Waals surface area contributed by atoms with Gasteiger partial charge in [0.1, 0.15) is 12.5 Å². The number of allylic oxidation sites excluding steroid dienone is 1. The number of nitrogens with one attached hydrogen (secondary N) is 2. The number of aromatic nitrogens is 1. The van der Waals surface area contributed by atoms with Crippen LogP contribution in [0, 0.1) is 0 Å². The Morgan fingerprint density at radius 2 is 2.42 bits per heavy atom. The zero-order valence-corrected chi connectivity index (χ0v) is 11.2. The van der Waals surface area contributed by atoms with Gasteiger partial charge >= 0.3 is 0 Å². The Morgan fingerprint density at radius 3 is 3.11 bits per heavy atom. The molecule has 1 aliphatic heterocycles. The number of rotatable bonds is 4. The van der Waals surface area contributed by atoms with E-state index >= 15 is 0 Å². The summed E-state index contributed by atoms with van der Waals surface area (Å²) < 4.78 is 0. The summed E-state index contributed by atoms with van der Waals surface area (Å²) in [7, 11) is 0.